The van der Waals surface area contributed by atoms with Crippen molar-refractivity contribution in [2.45, 2.75) is 18.7 Å². The molecule has 2 rings (SSSR count). The molecule has 0 fully saturated rings. The molecule has 0 aliphatic carbocycles. The van der Waals surface area contributed by atoms with E-state index in [1.165, 1.54) is 0 Å². The molecule has 0 amide bonds. The highest BCUT2D eigenvalue weighted by Gasteiger charge is 2.05. The third-order valence-corrected chi connectivity index (χ3v) is 4.40. The topological polar surface area (TPSA) is 92.9 Å². The molecular formula is C18H26N8S. The van der Waals surface area contributed by atoms with Gasteiger partial charge in [-0.25, -0.2) is 19.9 Å². The van der Waals surface area contributed by atoms with E-state index in [1.54, 1.807) is 22.8 Å². The van der Waals surface area contributed by atoms with E-state index in [1.807, 2.05) is 44.8 Å². The monoisotopic (exact) mass is 386 g/mol. The van der Waals surface area contributed by atoms with Gasteiger partial charge in [-0.1, -0.05) is 13.0 Å². The van der Waals surface area contributed by atoms with E-state index in [-0.39, 0.29) is 0 Å². The number of aromatic nitrogens is 5. The Morgan fingerprint density at radius 2 is 2.04 bits per heavy atom. The number of hydrogen-bond acceptors (Lipinski definition) is 8. The van der Waals surface area contributed by atoms with Crippen LogP contribution in [0, 0.1) is 5.92 Å². The molecule has 0 aromatic carbocycles. The van der Waals surface area contributed by atoms with Crippen molar-refractivity contribution in [3.05, 3.63) is 42.5 Å². The summed E-state index contributed by atoms with van der Waals surface area (Å²) in [6.45, 7) is 9.21. The zero-order valence-electron chi connectivity index (χ0n) is 16.2. The van der Waals surface area contributed by atoms with Crippen molar-refractivity contribution in [1.82, 2.24) is 30.0 Å². The molecule has 0 saturated heterocycles. The number of nitrogens with one attached hydrogen (secondary N) is 2. The van der Waals surface area contributed by atoms with Crippen LogP contribution in [0.25, 0.3) is 5.57 Å². The Bertz CT molecular complexity index is 794. The standard InChI is InChI=1S/C18H26N8S/c1-13(9-21-18-22-10-15(27-5)11-23-18)8-20-16(19-3)7-6-14(2)17-24-12-26(4)25-17/h6-7,10-13,20H,3,8-9H2,1-2,4-5H3,(H,21,22,23)/b14-6+,16-7+. The highest BCUT2D eigenvalue weighted by molar-refractivity contribution is 7.98. The molecule has 9 heteroatoms. The van der Waals surface area contributed by atoms with Gasteiger partial charge in [0.05, 0.1) is 0 Å². The first-order valence-corrected chi connectivity index (χ1v) is 9.79. The predicted octanol–water partition coefficient (Wildman–Crippen LogP) is 2.61. The van der Waals surface area contributed by atoms with Gasteiger partial charge in [-0.3, -0.25) is 4.68 Å². The summed E-state index contributed by atoms with van der Waals surface area (Å²) in [6, 6.07) is 0. The predicted molar refractivity (Wildman–Crippen MR) is 112 cm³/mol. The summed E-state index contributed by atoms with van der Waals surface area (Å²) in [5.74, 6) is 2.39. The molecule has 1 unspecified atom stereocenters. The maximum Gasteiger partial charge on any atom is 0.222 e. The summed E-state index contributed by atoms with van der Waals surface area (Å²) in [6.07, 6.45) is 11.1. The Hall–Kier alpha value is -2.68. The quantitative estimate of drug-likeness (QED) is 0.368. The number of anilines is 1. The third kappa shape index (κ3) is 6.86. The van der Waals surface area contributed by atoms with Crippen LogP contribution in [0.15, 0.2) is 46.6 Å². The first kappa shape index (κ1) is 20.6. The van der Waals surface area contributed by atoms with Gasteiger partial charge in [0.15, 0.2) is 5.82 Å². The lowest BCUT2D eigenvalue weighted by Crippen LogP contribution is -2.25. The molecule has 0 aliphatic rings. The summed E-state index contributed by atoms with van der Waals surface area (Å²) in [5.41, 5.74) is 0.958. The van der Waals surface area contributed by atoms with Crippen LogP contribution >= 0.6 is 11.8 Å². The zero-order valence-corrected chi connectivity index (χ0v) is 17.0. The first-order chi connectivity index (χ1) is 13.0. The van der Waals surface area contributed by atoms with Crippen LogP contribution < -0.4 is 10.6 Å². The molecule has 2 aromatic heterocycles. The van der Waals surface area contributed by atoms with Crippen LogP contribution in [-0.4, -0.2) is 50.8 Å². The number of hydrogen-bond donors (Lipinski definition) is 2. The summed E-state index contributed by atoms with van der Waals surface area (Å²) in [4.78, 5) is 17.9. The lowest BCUT2D eigenvalue weighted by molar-refractivity contribution is 0.567. The molecule has 1 atom stereocenters. The van der Waals surface area contributed by atoms with E-state index in [0.717, 1.165) is 23.6 Å². The van der Waals surface area contributed by atoms with Crippen molar-refractivity contribution < 1.29 is 0 Å². The fourth-order valence-corrected chi connectivity index (χ4v) is 2.41. The minimum Gasteiger partial charge on any atom is -0.370 e. The number of allylic oxidation sites excluding steroid dienone is 3. The molecule has 27 heavy (non-hydrogen) atoms. The molecule has 8 nitrogen and oxygen atoms in total. The van der Waals surface area contributed by atoms with Crippen molar-refractivity contribution in [3.63, 3.8) is 0 Å². The van der Waals surface area contributed by atoms with E-state index < -0.39 is 0 Å². The molecule has 2 N–H and O–H groups in total. The molecular weight excluding hydrogens is 360 g/mol. The van der Waals surface area contributed by atoms with Crippen LogP contribution in [0.1, 0.15) is 19.7 Å². The minimum atomic E-state index is 0.349. The SMILES string of the molecule is C=N/C(=C\C=C(/C)c1ncn(C)n1)NCC(C)CNc1ncc(SC)cn1. The highest BCUT2D eigenvalue weighted by atomic mass is 32.2. The van der Waals surface area contributed by atoms with Crippen LogP contribution in [-0.2, 0) is 7.05 Å². The van der Waals surface area contributed by atoms with Gasteiger partial charge in [-0.2, -0.15) is 5.10 Å². The second kappa shape index (κ2) is 10.5. The van der Waals surface area contributed by atoms with Gasteiger partial charge in [0.25, 0.3) is 0 Å². The van der Waals surface area contributed by atoms with Gasteiger partial charge in [-0.15, -0.1) is 11.8 Å². The van der Waals surface area contributed by atoms with Gasteiger partial charge < -0.3 is 10.6 Å². The smallest absolute Gasteiger partial charge is 0.222 e. The molecule has 2 aromatic rings. The van der Waals surface area contributed by atoms with E-state index in [2.05, 4.69) is 49.3 Å². The molecule has 2 heterocycles. The number of nitrogens with zero attached hydrogens (tertiary/aromatic N) is 6. The Balaban J connectivity index is 1.82. The molecule has 0 saturated carbocycles. The lowest BCUT2D eigenvalue weighted by atomic mass is 10.2. The zero-order chi connectivity index (χ0) is 19.6. The molecule has 0 spiro atoms. The number of rotatable bonds is 10. The average Bonchev–Trinajstić information content (AvgIpc) is 3.13. The summed E-state index contributed by atoms with van der Waals surface area (Å²) in [5, 5.41) is 10.8. The second-order valence-electron chi connectivity index (χ2n) is 6.12. The van der Waals surface area contributed by atoms with Crippen molar-refractivity contribution in [2.75, 3.05) is 24.7 Å². The van der Waals surface area contributed by atoms with Crippen LogP contribution in [0.5, 0.6) is 0 Å². The summed E-state index contributed by atoms with van der Waals surface area (Å²) in [7, 11) is 1.84. The Kier molecular flexibility index (Phi) is 8.00. The normalized spacial score (nSPS) is 13.3. The van der Waals surface area contributed by atoms with Gasteiger partial charge in [-0.05, 0) is 37.5 Å². The second-order valence-corrected chi connectivity index (χ2v) is 6.99. The average molecular weight is 387 g/mol. The Morgan fingerprint density at radius 1 is 1.30 bits per heavy atom. The third-order valence-electron chi connectivity index (χ3n) is 3.72. The highest BCUT2D eigenvalue weighted by Crippen LogP contribution is 2.12. The Morgan fingerprint density at radius 3 is 2.63 bits per heavy atom. The number of aliphatic imine (C=N–C) groups is 1. The van der Waals surface area contributed by atoms with Crippen molar-refractivity contribution in [2.24, 2.45) is 18.0 Å². The van der Waals surface area contributed by atoms with Crippen molar-refractivity contribution in [1.29, 1.82) is 0 Å². The van der Waals surface area contributed by atoms with Crippen molar-refractivity contribution >= 4 is 30.0 Å². The maximum absolute atomic E-state index is 4.29. The fourth-order valence-electron chi connectivity index (χ4n) is 2.10. The van der Waals surface area contributed by atoms with Gasteiger partial charge in [0, 0.05) is 37.4 Å². The lowest BCUT2D eigenvalue weighted by Gasteiger charge is -2.14. The van der Waals surface area contributed by atoms with E-state index >= 15 is 0 Å². The summed E-state index contributed by atoms with van der Waals surface area (Å²) < 4.78 is 1.67. The van der Waals surface area contributed by atoms with Crippen LogP contribution in [0.2, 0.25) is 0 Å². The van der Waals surface area contributed by atoms with Gasteiger partial charge in [0.2, 0.25) is 5.95 Å². The van der Waals surface area contributed by atoms with E-state index in [9.17, 15) is 0 Å². The molecule has 144 valence electrons. The largest absolute Gasteiger partial charge is 0.370 e. The Labute approximate surface area is 164 Å². The minimum absolute atomic E-state index is 0.349. The molecule has 0 radical (unpaired) electrons. The van der Waals surface area contributed by atoms with Crippen LogP contribution in [0.4, 0.5) is 5.95 Å². The fraction of sp³-hybridized carbons (Fsp3) is 0.389. The van der Waals surface area contributed by atoms with Gasteiger partial charge in [0.1, 0.15) is 12.1 Å². The molecule has 0 bridgehead atoms. The van der Waals surface area contributed by atoms with Crippen molar-refractivity contribution in [3.8, 4) is 0 Å². The van der Waals surface area contributed by atoms with Gasteiger partial charge >= 0.3 is 0 Å². The number of thioether (sulfide) groups is 1. The van der Waals surface area contributed by atoms with E-state index in [0.29, 0.717) is 23.5 Å². The van der Waals surface area contributed by atoms with Crippen LogP contribution in [0.3, 0.4) is 0 Å². The van der Waals surface area contributed by atoms with E-state index in [4.69, 9.17) is 0 Å². The molecule has 0 aliphatic heterocycles. The first-order valence-electron chi connectivity index (χ1n) is 8.57. The number of aryl methyl sites for hydroxylation is 1. The maximum atomic E-state index is 4.29. The summed E-state index contributed by atoms with van der Waals surface area (Å²) >= 11 is 1.62.